The highest BCUT2D eigenvalue weighted by Crippen LogP contribution is 2.28. The lowest BCUT2D eigenvalue weighted by atomic mass is 9.84. The van der Waals surface area contributed by atoms with Crippen LogP contribution < -0.4 is 0 Å². The quantitative estimate of drug-likeness (QED) is 0.867. The van der Waals surface area contributed by atoms with Crippen molar-refractivity contribution in [2.45, 2.75) is 20.3 Å². The summed E-state index contributed by atoms with van der Waals surface area (Å²) in [6, 6.07) is 7.27. The molecule has 1 aromatic carbocycles. The van der Waals surface area contributed by atoms with Crippen molar-refractivity contribution in [3.8, 4) is 0 Å². The molecule has 1 aromatic rings. The molecule has 1 fully saturated rings. The van der Waals surface area contributed by atoms with Gasteiger partial charge in [0, 0.05) is 19.6 Å². The van der Waals surface area contributed by atoms with Gasteiger partial charge in [-0.15, -0.1) is 0 Å². The maximum absolute atomic E-state index is 11.0. The molecular weight excluding hydrogens is 214 g/mol. The lowest BCUT2D eigenvalue weighted by Gasteiger charge is -2.46. The molecular formula is C14H19NO2. The van der Waals surface area contributed by atoms with E-state index >= 15 is 0 Å². The van der Waals surface area contributed by atoms with Crippen LogP contribution in [0.3, 0.4) is 0 Å². The van der Waals surface area contributed by atoms with Crippen molar-refractivity contribution in [2.75, 3.05) is 19.6 Å². The number of nitrogens with zero attached hydrogens (tertiary/aromatic N) is 1. The van der Waals surface area contributed by atoms with Crippen LogP contribution in [0.25, 0.3) is 0 Å². The first-order valence-corrected chi connectivity index (χ1v) is 6.01. The molecule has 0 radical (unpaired) electrons. The normalized spacial score (nSPS) is 18.7. The van der Waals surface area contributed by atoms with Gasteiger partial charge in [0.25, 0.3) is 0 Å². The molecule has 0 aliphatic carbocycles. The predicted octanol–water partition coefficient (Wildman–Crippen LogP) is 2.27. The zero-order valence-electron chi connectivity index (χ0n) is 10.4. The average molecular weight is 233 g/mol. The summed E-state index contributed by atoms with van der Waals surface area (Å²) < 4.78 is 0. The molecule has 1 aliphatic rings. The van der Waals surface area contributed by atoms with Gasteiger partial charge in [-0.1, -0.05) is 32.0 Å². The van der Waals surface area contributed by atoms with Crippen LogP contribution in [0, 0.1) is 5.41 Å². The summed E-state index contributed by atoms with van der Waals surface area (Å²) >= 11 is 0. The molecule has 0 aromatic heterocycles. The number of carbonyl (C=O) groups is 1. The monoisotopic (exact) mass is 233 g/mol. The number of likely N-dealkylation sites (tertiary alicyclic amines) is 1. The molecule has 0 amide bonds. The maximum atomic E-state index is 11.0. The van der Waals surface area contributed by atoms with E-state index in [0.717, 1.165) is 31.6 Å². The third kappa shape index (κ3) is 2.86. The summed E-state index contributed by atoms with van der Waals surface area (Å²) in [6.07, 6.45) is 0.818. The van der Waals surface area contributed by atoms with E-state index < -0.39 is 5.97 Å². The van der Waals surface area contributed by atoms with Gasteiger partial charge in [-0.3, -0.25) is 0 Å². The molecule has 17 heavy (non-hydrogen) atoms. The summed E-state index contributed by atoms with van der Waals surface area (Å²) in [7, 11) is 0. The molecule has 0 bridgehead atoms. The van der Waals surface area contributed by atoms with Crippen molar-refractivity contribution in [3.05, 3.63) is 35.4 Å². The van der Waals surface area contributed by atoms with Crippen molar-refractivity contribution >= 4 is 5.97 Å². The first-order valence-electron chi connectivity index (χ1n) is 6.01. The van der Waals surface area contributed by atoms with Crippen molar-refractivity contribution in [3.63, 3.8) is 0 Å². The molecule has 1 N–H and O–H groups in total. The zero-order valence-corrected chi connectivity index (χ0v) is 10.4. The Labute approximate surface area is 102 Å². The SMILES string of the molecule is CC1(C)CN(CCc2ccccc2C(=O)O)C1. The maximum Gasteiger partial charge on any atom is 0.335 e. The fraction of sp³-hybridized carbons (Fsp3) is 0.500. The summed E-state index contributed by atoms with van der Waals surface area (Å²) in [6.45, 7) is 7.70. The van der Waals surface area contributed by atoms with Gasteiger partial charge in [0.1, 0.15) is 0 Å². The summed E-state index contributed by atoms with van der Waals surface area (Å²) in [5.74, 6) is -0.829. The molecule has 0 unspecified atom stereocenters. The zero-order chi connectivity index (χ0) is 12.5. The molecule has 3 heteroatoms. The highest BCUT2D eigenvalue weighted by molar-refractivity contribution is 5.89. The van der Waals surface area contributed by atoms with Crippen LogP contribution >= 0.6 is 0 Å². The van der Waals surface area contributed by atoms with Crippen LogP contribution in [-0.4, -0.2) is 35.6 Å². The Morgan fingerprint density at radius 2 is 2.00 bits per heavy atom. The molecule has 1 heterocycles. The van der Waals surface area contributed by atoms with E-state index in [1.54, 1.807) is 12.1 Å². The summed E-state index contributed by atoms with van der Waals surface area (Å²) in [5, 5.41) is 9.07. The number of rotatable bonds is 4. The highest BCUT2D eigenvalue weighted by Gasteiger charge is 2.33. The van der Waals surface area contributed by atoms with E-state index in [0.29, 0.717) is 11.0 Å². The standard InChI is InChI=1S/C14H19NO2/c1-14(2)9-15(10-14)8-7-11-5-3-4-6-12(11)13(16)17/h3-6H,7-10H2,1-2H3,(H,16,17). The van der Waals surface area contributed by atoms with Crippen molar-refractivity contribution in [1.29, 1.82) is 0 Å². The molecule has 3 nitrogen and oxygen atoms in total. The smallest absolute Gasteiger partial charge is 0.335 e. The summed E-state index contributed by atoms with van der Waals surface area (Å²) in [5.41, 5.74) is 1.81. The van der Waals surface area contributed by atoms with E-state index in [2.05, 4.69) is 18.7 Å². The Morgan fingerprint density at radius 3 is 2.59 bits per heavy atom. The Morgan fingerprint density at radius 1 is 1.35 bits per heavy atom. The minimum atomic E-state index is -0.829. The third-order valence-corrected chi connectivity index (χ3v) is 3.25. The van der Waals surface area contributed by atoms with Gasteiger partial charge >= 0.3 is 5.97 Å². The minimum Gasteiger partial charge on any atom is -0.478 e. The largest absolute Gasteiger partial charge is 0.478 e. The Hall–Kier alpha value is -1.35. The number of aromatic carboxylic acids is 1. The van der Waals surface area contributed by atoms with E-state index in [4.69, 9.17) is 5.11 Å². The number of hydrogen-bond donors (Lipinski definition) is 1. The van der Waals surface area contributed by atoms with Crippen LogP contribution in [0.4, 0.5) is 0 Å². The van der Waals surface area contributed by atoms with Gasteiger partial charge in [-0.25, -0.2) is 4.79 Å². The van der Waals surface area contributed by atoms with Crippen LogP contribution in [0.1, 0.15) is 29.8 Å². The lowest BCUT2D eigenvalue weighted by molar-refractivity contribution is 0.0323. The van der Waals surface area contributed by atoms with E-state index in [1.165, 1.54) is 0 Å². The van der Waals surface area contributed by atoms with Gasteiger partial charge in [0.15, 0.2) is 0 Å². The molecule has 1 aliphatic heterocycles. The van der Waals surface area contributed by atoms with E-state index in [9.17, 15) is 4.79 Å². The first kappa shape index (κ1) is 12.1. The van der Waals surface area contributed by atoms with Gasteiger partial charge in [-0.2, -0.15) is 0 Å². The highest BCUT2D eigenvalue weighted by atomic mass is 16.4. The topological polar surface area (TPSA) is 40.5 Å². The number of benzene rings is 1. The van der Waals surface area contributed by atoms with Gasteiger partial charge < -0.3 is 10.0 Å². The van der Waals surface area contributed by atoms with E-state index in [1.807, 2.05) is 12.1 Å². The van der Waals surface area contributed by atoms with Crippen LogP contribution in [0.2, 0.25) is 0 Å². The van der Waals surface area contributed by atoms with Crippen LogP contribution in [0.5, 0.6) is 0 Å². The molecule has 2 rings (SSSR count). The molecule has 0 spiro atoms. The number of carboxylic acid groups (broad SMARTS) is 1. The lowest BCUT2D eigenvalue weighted by Crippen LogP contribution is -2.53. The Bertz CT molecular complexity index is 418. The van der Waals surface area contributed by atoms with Crippen molar-refractivity contribution < 1.29 is 9.90 Å². The number of hydrogen-bond acceptors (Lipinski definition) is 2. The van der Waals surface area contributed by atoms with Crippen molar-refractivity contribution in [1.82, 2.24) is 4.90 Å². The second-order valence-corrected chi connectivity index (χ2v) is 5.59. The fourth-order valence-corrected chi connectivity index (χ4v) is 2.55. The van der Waals surface area contributed by atoms with Gasteiger partial charge in [0.05, 0.1) is 5.56 Å². The van der Waals surface area contributed by atoms with Gasteiger partial charge in [0.2, 0.25) is 0 Å². The average Bonchev–Trinajstić information content (AvgIpc) is 2.23. The minimum absolute atomic E-state index is 0.437. The van der Waals surface area contributed by atoms with Crippen molar-refractivity contribution in [2.24, 2.45) is 5.41 Å². The fourth-order valence-electron chi connectivity index (χ4n) is 2.55. The van der Waals surface area contributed by atoms with E-state index in [-0.39, 0.29) is 0 Å². The summed E-state index contributed by atoms with van der Waals surface area (Å²) in [4.78, 5) is 13.4. The molecule has 0 saturated carbocycles. The van der Waals surface area contributed by atoms with Crippen LogP contribution in [-0.2, 0) is 6.42 Å². The second-order valence-electron chi connectivity index (χ2n) is 5.59. The first-order chi connectivity index (χ1) is 7.98. The second kappa shape index (κ2) is 4.49. The Kier molecular flexibility index (Phi) is 3.20. The van der Waals surface area contributed by atoms with Crippen LogP contribution in [0.15, 0.2) is 24.3 Å². The predicted molar refractivity (Wildman–Crippen MR) is 67.3 cm³/mol. The van der Waals surface area contributed by atoms with Gasteiger partial charge in [-0.05, 0) is 23.5 Å². The Balaban J connectivity index is 1.93. The molecule has 92 valence electrons. The number of carboxylic acids is 1. The molecule has 0 atom stereocenters. The molecule has 1 saturated heterocycles. The third-order valence-electron chi connectivity index (χ3n) is 3.25.